The van der Waals surface area contributed by atoms with E-state index >= 15 is 4.39 Å². The van der Waals surface area contributed by atoms with E-state index < -0.39 is 5.82 Å². The van der Waals surface area contributed by atoms with Crippen LogP contribution in [0.25, 0.3) is 10.6 Å². The maximum atomic E-state index is 15.1. The average molecular weight is 503 g/mol. The molecule has 5 heterocycles. The molecule has 2 aromatic heterocycles. The molecule has 0 bridgehead atoms. The number of ether oxygens (including phenoxy) is 1. The van der Waals surface area contributed by atoms with E-state index in [4.69, 9.17) is 4.74 Å². The van der Waals surface area contributed by atoms with E-state index in [-0.39, 0.29) is 28.6 Å². The number of thiophene rings is 1. The summed E-state index contributed by atoms with van der Waals surface area (Å²) in [5, 5.41) is 16.4. The Balaban J connectivity index is 1.32. The number of piperidine rings is 1. The first-order valence-electron chi connectivity index (χ1n) is 12.2. The van der Waals surface area contributed by atoms with Gasteiger partial charge in [0.1, 0.15) is 5.69 Å². The van der Waals surface area contributed by atoms with Gasteiger partial charge in [-0.1, -0.05) is 0 Å². The van der Waals surface area contributed by atoms with Gasteiger partial charge in [-0.25, -0.2) is 19.4 Å². The fourth-order valence-electron chi connectivity index (χ4n) is 6.14. The monoisotopic (exact) mass is 502 g/mol. The summed E-state index contributed by atoms with van der Waals surface area (Å²) in [4.78, 5) is 25.7. The summed E-state index contributed by atoms with van der Waals surface area (Å²) in [7, 11) is 3.51. The Morgan fingerprint density at radius 3 is 2.74 bits per heavy atom. The Bertz CT molecular complexity index is 1180. The van der Waals surface area contributed by atoms with Crippen molar-refractivity contribution in [1.29, 1.82) is 0 Å². The number of hydrogen-bond donors (Lipinski definition) is 2. The molecule has 2 saturated heterocycles. The zero-order chi connectivity index (χ0) is 24.5. The van der Waals surface area contributed by atoms with Gasteiger partial charge in [0.05, 0.1) is 22.2 Å². The van der Waals surface area contributed by atoms with E-state index in [1.54, 1.807) is 7.05 Å². The number of carbonyl (C=O) groups excluding carboxylic acids is 1. The van der Waals surface area contributed by atoms with Crippen LogP contribution in [-0.2, 0) is 10.3 Å². The second-order valence-corrected chi connectivity index (χ2v) is 11.4. The van der Waals surface area contributed by atoms with Crippen molar-refractivity contribution in [2.24, 2.45) is 5.41 Å². The van der Waals surface area contributed by atoms with Gasteiger partial charge in [-0.2, -0.15) is 0 Å². The van der Waals surface area contributed by atoms with Gasteiger partial charge < -0.3 is 15.0 Å². The van der Waals surface area contributed by atoms with E-state index in [0.29, 0.717) is 29.6 Å². The molecule has 1 amide bonds. The highest BCUT2D eigenvalue weighted by atomic mass is 32.1. The molecule has 11 heteroatoms. The number of aromatic nitrogens is 2. The molecule has 1 aliphatic carbocycles. The minimum absolute atomic E-state index is 0.00833. The third kappa shape index (κ3) is 3.51. The van der Waals surface area contributed by atoms with Crippen LogP contribution in [0.5, 0.6) is 0 Å². The average Bonchev–Trinajstić information content (AvgIpc) is 3.49. The predicted molar refractivity (Wildman–Crippen MR) is 129 cm³/mol. The molecule has 188 valence electrons. The molecule has 2 aromatic rings. The minimum Gasteiger partial charge on any atom is -0.381 e. The number of hydrazine groups is 1. The molecule has 4 aliphatic rings. The molecule has 35 heavy (non-hydrogen) atoms. The first-order chi connectivity index (χ1) is 16.8. The lowest BCUT2D eigenvalue weighted by molar-refractivity contribution is -0.240. The van der Waals surface area contributed by atoms with Gasteiger partial charge >= 0.3 is 0 Å². The van der Waals surface area contributed by atoms with Crippen LogP contribution in [0.4, 0.5) is 10.3 Å². The highest BCUT2D eigenvalue weighted by Gasteiger charge is 2.54. The molecule has 1 saturated carbocycles. The van der Waals surface area contributed by atoms with Crippen LogP contribution in [0.2, 0.25) is 0 Å². The zero-order valence-corrected chi connectivity index (χ0v) is 21.1. The lowest BCUT2D eigenvalue weighted by atomic mass is 9.88. The van der Waals surface area contributed by atoms with Crippen molar-refractivity contribution in [1.82, 2.24) is 25.0 Å². The number of halogens is 1. The van der Waals surface area contributed by atoms with Crippen LogP contribution < -0.4 is 5.32 Å². The van der Waals surface area contributed by atoms with Gasteiger partial charge in [0.15, 0.2) is 5.82 Å². The highest BCUT2D eigenvalue weighted by molar-refractivity contribution is 7.16. The van der Waals surface area contributed by atoms with Crippen molar-refractivity contribution < 1.29 is 19.1 Å². The van der Waals surface area contributed by atoms with Gasteiger partial charge in [0.25, 0.3) is 5.91 Å². The number of hydroxylamine groups is 1. The zero-order valence-electron chi connectivity index (χ0n) is 20.3. The number of rotatable bonds is 4. The van der Waals surface area contributed by atoms with E-state index in [2.05, 4.69) is 15.3 Å². The fourth-order valence-corrected chi connectivity index (χ4v) is 7.71. The van der Waals surface area contributed by atoms with Crippen molar-refractivity contribution in [2.45, 2.75) is 50.6 Å². The SMILES string of the molecule is Cc1c(-c2nc(NC3CCN(N(C)O)CC34CC4)ncc2F)sc2c1C(=O)N(C)C21CCOCC1. The Morgan fingerprint density at radius 2 is 2.06 bits per heavy atom. The molecule has 1 atom stereocenters. The van der Waals surface area contributed by atoms with Crippen molar-refractivity contribution >= 4 is 23.2 Å². The fraction of sp³-hybridized carbons (Fsp3) is 0.625. The number of hydrogen-bond acceptors (Lipinski definition) is 9. The Hall–Kier alpha value is -2.18. The first kappa shape index (κ1) is 23.2. The van der Waals surface area contributed by atoms with Crippen LogP contribution in [0.1, 0.15) is 52.9 Å². The Morgan fingerprint density at radius 1 is 1.31 bits per heavy atom. The van der Waals surface area contributed by atoms with Crippen LogP contribution in [0, 0.1) is 18.2 Å². The summed E-state index contributed by atoms with van der Waals surface area (Å²) in [6.07, 6.45) is 5.68. The third-order valence-electron chi connectivity index (χ3n) is 8.53. The summed E-state index contributed by atoms with van der Waals surface area (Å²) in [6, 6.07) is 0.159. The largest absolute Gasteiger partial charge is 0.381 e. The van der Waals surface area contributed by atoms with Crippen molar-refractivity contribution in [3.8, 4) is 10.6 Å². The van der Waals surface area contributed by atoms with Gasteiger partial charge in [0.2, 0.25) is 5.95 Å². The third-order valence-corrected chi connectivity index (χ3v) is 10.0. The summed E-state index contributed by atoms with van der Waals surface area (Å²) < 4.78 is 20.7. The number of amides is 1. The smallest absolute Gasteiger partial charge is 0.255 e. The molecule has 1 unspecified atom stereocenters. The van der Waals surface area contributed by atoms with E-state index in [1.807, 2.05) is 23.9 Å². The second-order valence-electron chi connectivity index (χ2n) is 10.4. The molecular weight excluding hydrogens is 471 g/mol. The Kier molecular flexibility index (Phi) is 5.42. The van der Waals surface area contributed by atoms with E-state index in [0.717, 1.165) is 55.6 Å². The summed E-state index contributed by atoms with van der Waals surface area (Å²) in [6.45, 7) is 4.59. The highest BCUT2D eigenvalue weighted by Crippen LogP contribution is 2.54. The number of carbonyl (C=O) groups is 1. The lowest BCUT2D eigenvalue weighted by Gasteiger charge is -2.41. The van der Waals surface area contributed by atoms with Crippen molar-refractivity contribution in [3.63, 3.8) is 0 Å². The maximum Gasteiger partial charge on any atom is 0.255 e. The molecule has 2 spiro atoms. The van der Waals surface area contributed by atoms with Gasteiger partial charge in [-0.3, -0.25) is 10.0 Å². The second kappa shape index (κ2) is 8.17. The van der Waals surface area contributed by atoms with Gasteiger partial charge in [-0.05, 0) is 44.6 Å². The normalized spacial score (nSPS) is 25.0. The number of fused-ring (bicyclic) bond motifs is 2. The number of nitrogens with one attached hydrogen (secondary N) is 1. The Labute approximate surface area is 207 Å². The van der Waals surface area contributed by atoms with Crippen LogP contribution in [-0.4, -0.2) is 82.6 Å². The number of anilines is 1. The molecule has 0 radical (unpaired) electrons. The quantitative estimate of drug-likeness (QED) is 0.616. The van der Waals surface area contributed by atoms with Crippen molar-refractivity contribution in [3.05, 3.63) is 28.0 Å². The van der Waals surface area contributed by atoms with Gasteiger partial charge in [-0.15, -0.1) is 16.5 Å². The molecule has 2 N–H and O–H groups in total. The van der Waals surface area contributed by atoms with Crippen molar-refractivity contribution in [2.75, 3.05) is 45.7 Å². The number of nitrogens with zero attached hydrogens (tertiary/aromatic N) is 5. The van der Waals surface area contributed by atoms with E-state index in [9.17, 15) is 10.0 Å². The summed E-state index contributed by atoms with van der Waals surface area (Å²) in [5.74, 6) is -0.0927. The van der Waals surface area contributed by atoms with Gasteiger partial charge in [0, 0.05) is 56.7 Å². The maximum absolute atomic E-state index is 15.1. The molecule has 0 aromatic carbocycles. The predicted octanol–water partition coefficient (Wildman–Crippen LogP) is 3.25. The molecule has 3 aliphatic heterocycles. The molecule has 6 rings (SSSR count). The van der Waals surface area contributed by atoms with Crippen LogP contribution >= 0.6 is 11.3 Å². The molecule has 3 fully saturated rings. The summed E-state index contributed by atoms with van der Waals surface area (Å²) in [5.41, 5.74) is 1.41. The van der Waals surface area contributed by atoms with E-state index in [1.165, 1.54) is 22.7 Å². The summed E-state index contributed by atoms with van der Waals surface area (Å²) >= 11 is 1.48. The topological polar surface area (TPSA) is 94.1 Å². The first-order valence-corrected chi connectivity index (χ1v) is 13.0. The lowest BCUT2D eigenvalue weighted by Crippen LogP contribution is -2.52. The standard InChI is InChI=1S/C24H31FN6O3S/c1-14-17-20(24(29(2)21(17)32)7-10-34-11-8-24)35-19(14)18-15(25)12-26-22(28-18)27-16-4-9-31(30(3)33)13-23(16)5-6-23/h12,16,33H,4-11,13H2,1-3H3,(H,26,27,28). The van der Waals surface area contributed by atoms with Crippen LogP contribution in [0.15, 0.2) is 6.20 Å². The molecule has 9 nitrogen and oxygen atoms in total. The molecular formula is C24H31FN6O3S. The van der Waals surface area contributed by atoms with Crippen LogP contribution in [0.3, 0.4) is 0 Å². The minimum atomic E-state index is -0.488.